The lowest BCUT2D eigenvalue weighted by Gasteiger charge is -2.44. The maximum absolute atomic E-state index is 5.83. The Labute approximate surface area is 109 Å². The first-order valence-corrected chi connectivity index (χ1v) is 6.52. The second-order valence-corrected chi connectivity index (χ2v) is 5.46. The smallest absolute Gasteiger partial charge is 0.150 e. The van der Waals surface area contributed by atoms with Crippen molar-refractivity contribution in [1.82, 2.24) is 14.9 Å². The van der Waals surface area contributed by atoms with Crippen LogP contribution < -0.4 is 10.6 Å². The minimum absolute atomic E-state index is 0.0868. The number of piperazine rings is 1. The van der Waals surface area contributed by atoms with Crippen LogP contribution in [0.2, 0.25) is 0 Å². The monoisotopic (exact) mass is 249 g/mol. The van der Waals surface area contributed by atoms with E-state index in [2.05, 4.69) is 33.6 Å². The molecule has 0 atom stereocenters. The fourth-order valence-corrected chi connectivity index (χ4v) is 2.36. The van der Waals surface area contributed by atoms with Crippen LogP contribution in [0.5, 0.6) is 0 Å². The summed E-state index contributed by atoms with van der Waals surface area (Å²) in [5, 5.41) is 0. The number of aryl methyl sites for hydroxylation is 1. The molecule has 0 saturated carbocycles. The van der Waals surface area contributed by atoms with Crippen molar-refractivity contribution in [3.05, 3.63) is 18.1 Å². The molecule has 5 nitrogen and oxygen atoms in total. The van der Waals surface area contributed by atoms with Crippen LogP contribution in [0.25, 0.3) is 0 Å². The molecule has 1 saturated heterocycles. The molecule has 0 spiro atoms. The van der Waals surface area contributed by atoms with Crippen LogP contribution >= 0.6 is 0 Å². The van der Waals surface area contributed by atoms with Gasteiger partial charge in [0.1, 0.15) is 5.82 Å². The van der Waals surface area contributed by atoms with Gasteiger partial charge >= 0.3 is 0 Å². The van der Waals surface area contributed by atoms with Crippen LogP contribution in [0.1, 0.15) is 19.5 Å². The number of aromatic nitrogens is 2. The summed E-state index contributed by atoms with van der Waals surface area (Å²) >= 11 is 0. The van der Waals surface area contributed by atoms with Gasteiger partial charge in [-0.1, -0.05) is 0 Å². The molecular weight excluding hydrogens is 226 g/mol. The van der Waals surface area contributed by atoms with Gasteiger partial charge in [0.25, 0.3) is 0 Å². The Bertz CT molecular complexity index is 396. The molecule has 2 heterocycles. The Morgan fingerprint density at radius 1 is 1.17 bits per heavy atom. The first-order chi connectivity index (χ1) is 8.54. The Morgan fingerprint density at radius 3 is 2.33 bits per heavy atom. The Hall–Kier alpha value is -1.20. The zero-order chi connectivity index (χ0) is 13.2. The summed E-state index contributed by atoms with van der Waals surface area (Å²) in [7, 11) is 0. The van der Waals surface area contributed by atoms with Crippen LogP contribution in [0.3, 0.4) is 0 Å². The van der Waals surface area contributed by atoms with Gasteiger partial charge in [0.15, 0.2) is 0 Å². The first-order valence-electron chi connectivity index (χ1n) is 6.52. The Balaban J connectivity index is 2.01. The van der Waals surface area contributed by atoms with Crippen LogP contribution in [-0.2, 0) is 0 Å². The third kappa shape index (κ3) is 2.62. The summed E-state index contributed by atoms with van der Waals surface area (Å²) in [6.07, 6.45) is 3.51. The molecule has 0 radical (unpaired) electrons. The zero-order valence-corrected chi connectivity index (χ0v) is 11.6. The highest BCUT2D eigenvalue weighted by Crippen LogP contribution is 2.20. The average Bonchev–Trinajstić information content (AvgIpc) is 2.39. The summed E-state index contributed by atoms with van der Waals surface area (Å²) in [6.45, 7) is 11.1. The van der Waals surface area contributed by atoms with Crippen LogP contribution in [0.4, 0.5) is 5.82 Å². The van der Waals surface area contributed by atoms with Gasteiger partial charge in [-0.3, -0.25) is 9.88 Å². The van der Waals surface area contributed by atoms with E-state index in [0.717, 1.165) is 37.7 Å². The summed E-state index contributed by atoms with van der Waals surface area (Å²) in [5.41, 5.74) is 6.92. The fraction of sp³-hybridized carbons (Fsp3) is 0.692. The van der Waals surface area contributed by atoms with Crippen molar-refractivity contribution in [1.29, 1.82) is 0 Å². The highest BCUT2D eigenvalue weighted by Gasteiger charge is 2.29. The van der Waals surface area contributed by atoms with Crippen molar-refractivity contribution in [3.8, 4) is 0 Å². The average molecular weight is 249 g/mol. The van der Waals surface area contributed by atoms with E-state index in [1.165, 1.54) is 0 Å². The maximum atomic E-state index is 5.83. The van der Waals surface area contributed by atoms with E-state index in [-0.39, 0.29) is 5.54 Å². The highest BCUT2D eigenvalue weighted by molar-refractivity contribution is 5.42. The molecule has 1 aliphatic heterocycles. The Kier molecular flexibility index (Phi) is 3.82. The molecule has 2 rings (SSSR count). The van der Waals surface area contributed by atoms with Crippen molar-refractivity contribution in [2.24, 2.45) is 5.73 Å². The predicted octanol–water partition coefficient (Wildman–Crippen LogP) is 0.644. The quantitative estimate of drug-likeness (QED) is 0.852. The molecule has 0 amide bonds. The molecule has 1 fully saturated rings. The summed E-state index contributed by atoms with van der Waals surface area (Å²) in [6, 6.07) is 0. The molecule has 2 N–H and O–H groups in total. The van der Waals surface area contributed by atoms with Gasteiger partial charge < -0.3 is 10.6 Å². The van der Waals surface area contributed by atoms with Gasteiger partial charge in [-0.2, -0.15) is 0 Å². The van der Waals surface area contributed by atoms with Gasteiger partial charge in [-0.25, -0.2) is 4.98 Å². The van der Waals surface area contributed by atoms with E-state index in [0.29, 0.717) is 6.54 Å². The molecular formula is C13H23N5. The van der Waals surface area contributed by atoms with Gasteiger partial charge in [0.05, 0.1) is 5.69 Å². The second-order valence-electron chi connectivity index (χ2n) is 5.46. The van der Waals surface area contributed by atoms with E-state index >= 15 is 0 Å². The van der Waals surface area contributed by atoms with E-state index in [4.69, 9.17) is 5.73 Å². The van der Waals surface area contributed by atoms with Gasteiger partial charge in [-0.05, 0) is 20.8 Å². The molecule has 1 aromatic heterocycles. The SMILES string of the molecule is Cc1nccnc1N1CCN(C(C)(C)CN)CC1. The molecule has 0 unspecified atom stereocenters. The summed E-state index contributed by atoms with van der Waals surface area (Å²) in [4.78, 5) is 13.5. The minimum Gasteiger partial charge on any atom is -0.353 e. The highest BCUT2D eigenvalue weighted by atomic mass is 15.3. The Morgan fingerprint density at radius 2 is 1.78 bits per heavy atom. The third-order valence-electron chi connectivity index (χ3n) is 3.79. The van der Waals surface area contributed by atoms with Gasteiger partial charge in [-0.15, -0.1) is 0 Å². The van der Waals surface area contributed by atoms with Crippen molar-refractivity contribution >= 4 is 5.82 Å². The van der Waals surface area contributed by atoms with Crippen molar-refractivity contribution in [2.45, 2.75) is 26.3 Å². The number of nitrogens with two attached hydrogens (primary N) is 1. The van der Waals surface area contributed by atoms with Gasteiger partial charge in [0, 0.05) is 50.7 Å². The molecule has 18 heavy (non-hydrogen) atoms. The lowest BCUT2D eigenvalue weighted by atomic mass is 10.0. The zero-order valence-electron chi connectivity index (χ0n) is 11.6. The van der Waals surface area contributed by atoms with E-state index in [1.807, 2.05) is 6.92 Å². The molecule has 5 heteroatoms. The predicted molar refractivity (Wildman–Crippen MR) is 73.7 cm³/mol. The van der Waals surface area contributed by atoms with Crippen LogP contribution in [-0.4, -0.2) is 53.1 Å². The van der Waals surface area contributed by atoms with Crippen molar-refractivity contribution in [3.63, 3.8) is 0 Å². The van der Waals surface area contributed by atoms with E-state index in [1.54, 1.807) is 12.4 Å². The minimum atomic E-state index is 0.0868. The lowest BCUT2D eigenvalue weighted by molar-refractivity contribution is 0.119. The number of hydrogen-bond acceptors (Lipinski definition) is 5. The number of anilines is 1. The summed E-state index contributed by atoms with van der Waals surface area (Å²) < 4.78 is 0. The van der Waals surface area contributed by atoms with Crippen molar-refractivity contribution < 1.29 is 0 Å². The molecule has 0 aliphatic carbocycles. The second kappa shape index (κ2) is 5.20. The normalized spacial score (nSPS) is 18.1. The molecule has 1 aliphatic rings. The molecule has 0 bridgehead atoms. The fourth-order valence-electron chi connectivity index (χ4n) is 2.36. The largest absolute Gasteiger partial charge is 0.353 e. The topological polar surface area (TPSA) is 58.3 Å². The molecule has 1 aromatic rings. The van der Waals surface area contributed by atoms with E-state index in [9.17, 15) is 0 Å². The maximum Gasteiger partial charge on any atom is 0.150 e. The summed E-state index contributed by atoms with van der Waals surface area (Å²) in [5.74, 6) is 1.02. The van der Waals surface area contributed by atoms with Gasteiger partial charge in [0.2, 0.25) is 0 Å². The first kappa shape index (κ1) is 13.2. The molecule has 100 valence electrons. The van der Waals surface area contributed by atoms with Crippen LogP contribution in [0, 0.1) is 6.92 Å². The third-order valence-corrected chi connectivity index (χ3v) is 3.79. The number of hydrogen-bond donors (Lipinski definition) is 1. The number of nitrogens with zero attached hydrogens (tertiary/aromatic N) is 4. The standard InChI is InChI=1S/C13H23N5/c1-11-12(16-5-4-15-11)17-6-8-18(9-7-17)13(2,3)10-14/h4-5H,6-10,14H2,1-3H3. The van der Waals surface area contributed by atoms with Crippen LogP contribution in [0.15, 0.2) is 12.4 Å². The van der Waals surface area contributed by atoms with Crippen molar-refractivity contribution in [2.75, 3.05) is 37.6 Å². The lowest BCUT2D eigenvalue weighted by Crippen LogP contribution is -2.57. The van der Waals surface area contributed by atoms with E-state index < -0.39 is 0 Å². The molecule has 0 aromatic carbocycles. The number of rotatable bonds is 3.